The van der Waals surface area contributed by atoms with Crippen LogP contribution in [0, 0.1) is 5.92 Å². The second-order valence-electron chi connectivity index (χ2n) is 8.76. The largest absolute Gasteiger partial charge is 0.497 e. The Hall–Kier alpha value is -3.59. The Labute approximate surface area is 212 Å². The molecule has 0 N–H and O–H groups in total. The minimum absolute atomic E-state index is 0.0937. The van der Waals surface area contributed by atoms with E-state index < -0.39 is 0 Å². The van der Waals surface area contributed by atoms with Gasteiger partial charge in [-0.25, -0.2) is 5.01 Å². The SMILES string of the molecule is COCCN(CC(=O)N1N=C(c2ccc(OC)cc2)C[C@@H]1c1ccc(OC)c(OC)c1)C(=O)C(C)C. The number of amides is 2. The highest BCUT2D eigenvalue weighted by atomic mass is 16.5. The van der Waals surface area contributed by atoms with Crippen LogP contribution in [0.5, 0.6) is 17.2 Å². The van der Waals surface area contributed by atoms with Gasteiger partial charge >= 0.3 is 0 Å². The van der Waals surface area contributed by atoms with Crippen LogP contribution in [0.25, 0.3) is 0 Å². The van der Waals surface area contributed by atoms with Gasteiger partial charge in [0.2, 0.25) is 5.91 Å². The van der Waals surface area contributed by atoms with Crippen LogP contribution in [0.2, 0.25) is 0 Å². The van der Waals surface area contributed by atoms with Crippen LogP contribution in [0.4, 0.5) is 0 Å². The van der Waals surface area contributed by atoms with E-state index in [2.05, 4.69) is 0 Å². The molecule has 0 saturated carbocycles. The topological polar surface area (TPSA) is 89.9 Å². The van der Waals surface area contributed by atoms with Gasteiger partial charge in [-0.1, -0.05) is 19.9 Å². The van der Waals surface area contributed by atoms with Crippen molar-refractivity contribution in [3.63, 3.8) is 0 Å². The number of rotatable bonds is 11. The summed E-state index contributed by atoms with van der Waals surface area (Å²) < 4.78 is 21.3. The molecule has 0 fully saturated rings. The molecule has 2 amide bonds. The molecule has 0 aromatic heterocycles. The molecule has 3 rings (SSSR count). The van der Waals surface area contributed by atoms with Crippen LogP contribution >= 0.6 is 0 Å². The summed E-state index contributed by atoms with van der Waals surface area (Å²) in [6.07, 6.45) is 0.504. The van der Waals surface area contributed by atoms with Gasteiger partial charge < -0.3 is 23.8 Å². The molecule has 36 heavy (non-hydrogen) atoms. The number of methoxy groups -OCH3 is 4. The number of hydrogen-bond donors (Lipinski definition) is 0. The zero-order valence-electron chi connectivity index (χ0n) is 21.8. The predicted molar refractivity (Wildman–Crippen MR) is 137 cm³/mol. The molecular weight excluding hydrogens is 462 g/mol. The lowest BCUT2D eigenvalue weighted by Gasteiger charge is -2.28. The van der Waals surface area contributed by atoms with E-state index in [9.17, 15) is 9.59 Å². The van der Waals surface area contributed by atoms with Gasteiger partial charge in [-0.05, 0) is 47.5 Å². The fourth-order valence-electron chi connectivity index (χ4n) is 4.09. The van der Waals surface area contributed by atoms with Crippen molar-refractivity contribution >= 4 is 17.5 Å². The van der Waals surface area contributed by atoms with Gasteiger partial charge in [-0.15, -0.1) is 0 Å². The maximum Gasteiger partial charge on any atom is 0.262 e. The van der Waals surface area contributed by atoms with Crippen molar-refractivity contribution in [2.45, 2.75) is 26.3 Å². The molecular formula is C27H35N3O6. The summed E-state index contributed by atoms with van der Waals surface area (Å²) in [7, 11) is 6.33. The number of nitrogens with zero attached hydrogens (tertiary/aromatic N) is 3. The average Bonchev–Trinajstić information content (AvgIpc) is 3.35. The van der Waals surface area contributed by atoms with Crippen LogP contribution in [-0.4, -0.2) is 75.6 Å². The molecule has 0 aliphatic carbocycles. The Morgan fingerprint density at radius 2 is 1.69 bits per heavy atom. The smallest absolute Gasteiger partial charge is 0.262 e. The molecule has 1 heterocycles. The molecule has 2 aromatic carbocycles. The van der Waals surface area contributed by atoms with Crippen molar-refractivity contribution in [1.29, 1.82) is 0 Å². The molecule has 1 atom stereocenters. The Bertz CT molecular complexity index is 1080. The molecule has 1 aliphatic heterocycles. The summed E-state index contributed by atoms with van der Waals surface area (Å²) >= 11 is 0. The fourth-order valence-corrected chi connectivity index (χ4v) is 4.09. The molecule has 1 aliphatic rings. The molecule has 0 unspecified atom stereocenters. The van der Waals surface area contributed by atoms with Crippen molar-refractivity contribution < 1.29 is 28.5 Å². The lowest BCUT2D eigenvalue weighted by atomic mass is 9.98. The van der Waals surface area contributed by atoms with Crippen molar-refractivity contribution in [3.05, 3.63) is 53.6 Å². The van der Waals surface area contributed by atoms with Crippen molar-refractivity contribution in [3.8, 4) is 17.2 Å². The average molecular weight is 498 g/mol. The van der Waals surface area contributed by atoms with E-state index in [0.717, 1.165) is 22.6 Å². The van der Waals surface area contributed by atoms with E-state index >= 15 is 0 Å². The third-order valence-electron chi connectivity index (χ3n) is 6.08. The predicted octanol–water partition coefficient (Wildman–Crippen LogP) is 3.52. The standard InChI is InChI=1S/C27H35N3O6/c1-18(2)27(32)29(13-14-33-3)17-26(31)30-23(20-9-12-24(35-5)25(15-20)36-6)16-22(28-30)19-7-10-21(34-4)11-8-19/h7-12,15,18,23H,13-14,16-17H2,1-6H3/t23-/m1/s1. The van der Waals surface area contributed by atoms with Crippen LogP contribution in [0.15, 0.2) is 47.6 Å². The zero-order chi connectivity index (χ0) is 26.2. The third-order valence-corrected chi connectivity index (χ3v) is 6.08. The maximum absolute atomic E-state index is 13.6. The van der Waals surface area contributed by atoms with E-state index in [1.807, 2.05) is 56.3 Å². The van der Waals surface area contributed by atoms with E-state index in [1.165, 1.54) is 9.91 Å². The first-order valence-electron chi connectivity index (χ1n) is 11.9. The van der Waals surface area contributed by atoms with Gasteiger partial charge in [-0.3, -0.25) is 9.59 Å². The van der Waals surface area contributed by atoms with Crippen LogP contribution in [-0.2, 0) is 14.3 Å². The molecule has 0 saturated heterocycles. The first-order chi connectivity index (χ1) is 17.3. The summed E-state index contributed by atoms with van der Waals surface area (Å²) in [4.78, 5) is 27.9. The molecule has 9 heteroatoms. The minimum atomic E-state index is -0.368. The Balaban J connectivity index is 1.96. The van der Waals surface area contributed by atoms with E-state index in [1.54, 1.807) is 28.4 Å². The minimum Gasteiger partial charge on any atom is -0.497 e. The number of carbonyl (C=O) groups excluding carboxylic acids is 2. The van der Waals surface area contributed by atoms with Gasteiger partial charge in [0.15, 0.2) is 11.5 Å². The summed E-state index contributed by atoms with van der Waals surface area (Å²) in [5.74, 6) is 1.28. The summed E-state index contributed by atoms with van der Waals surface area (Å²) in [5.41, 5.74) is 2.52. The number of hydrazone groups is 1. The second kappa shape index (κ2) is 12.4. The highest BCUT2D eigenvalue weighted by molar-refractivity contribution is 6.03. The van der Waals surface area contributed by atoms with Crippen molar-refractivity contribution in [1.82, 2.24) is 9.91 Å². The highest BCUT2D eigenvalue weighted by Crippen LogP contribution is 2.37. The molecule has 2 aromatic rings. The van der Waals surface area contributed by atoms with Crippen LogP contribution < -0.4 is 14.2 Å². The second-order valence-corrected chi connectivity index (χ2v) is 8.76. The van der Waals surface area contributed by atoms with E-state index in [-0.39, 0.29) is 30.3 Å². The highest BCUT2D eigenvalue weighted by Gasteiger charge is 2.35. The van der Waals surface area contributed by atoms with E-state index in [0.29, 0.717) is 31.1 Å². The lowest BCUT2D eigenvalue weighted by molar-refractivity contribution is -0.143. The first-order valence-corrected chi connectivity index (χ1v) is 11.9. The third kappa shape index (κ3) is 6.15. The maximum atomic E-state index is 13.6. The Morgan fingerprint density at radius 1 is 1.00 bits per heavy atom. The zero-order valence-corrected chi connectivity index (χ0v) is 21.8. The van der Waals surface area contributed by atoms with E-state index in [4.69, 9.17) is 24.0 Å². The molecule has 0 spiro atoms. The normalized spacial score (nSPS) is 15.0. The van der Waals surface area contributed by atoms with Gasteiger partial charge in [0.1, 0.15) is 12.3 Å². The Kier molecular flexibility index (Phi) is 9.30. The van der Waals surface area contributed by atoms with Crippen molar-refractivity contribution in [2.75, 3.05) is 48.1 Å². The molecule has 0 bridgehead atoms. The fraction of sp³-hybridized carbons (Fsp3) is 0.444. The quantitative estimate of drug-likeness (QED) is 0.472. The number of ether oxygens (including phenoxy) is 4. The lowest BCUT2D eigenvalue weighted by Crippen LogP contribution is -2.44. The summed E-state index contributed by atoms with van der Waals surface area (Å²) in [5, 5.41) is 6.21. The molecule has 9 nitrogen and oxygen atoms in total. The first kappa shape index (κ1) is 27.0. The number of carbonyl (C=O) groups is 2. The molecule has 194 valence electrons. The summed E-state index contributed by atoms with van der Waals surface area (Å²) in [6.45, 7) is 4.20. The number of hydrogen-bond acceptors (Lipinski definition) is 7. The van der Waals surface area contributed by atoms with Gasteiger partial charge in [0, 0.05) is 26.0 Å². The monoisotopic (exact) mass is 497 g/mol. The van der Waals surface area contributed by atoms with Gasteiger partial charge in [0.25, 0.3) is 5.91 Å². The molecule has 0 radical (unpaired) electrons. The van der Waals surface area contributed by atoms with Gasteiger partial charge in [0.05, 0.1) is 39.7 Å². The number of benzene rings is 2. The summed E-state index contributed by atoms with van der Waals surface area (Å²) in [6, 6.07) is 12.8. The Morgan fingerprint density at radius 3 is 2.28 bits per heavy atom. The van der Waals surface area contributed by atoms with Crippen molar-refractivity contribution in [2.24, 2.45) is 11.0 Å². The van der Waals surface area contributed by atoms with Crippen LogP contribution in [0.3, 0.4) is 0 Å². The van der Waals surface area contributed by atoms with Crippen LogP contribution in [0.1, 0.15) is 37.4 Å². The van der Waals surface area contributed by atoms with Gasteiger partial charge in [-0.2, -0.15) is 5.10 Å².